The van der Waals surface area contributed by atoms with Crippen molar-refractivity contribution in [3.05, 3.63) is 0 Å². The second kappa shape index (κ2) is 4.23. The molecule has 8 nitrogen and oxygen atoms in total. The summed E-state index contributed by atoms with van der Waals surface area (Å²) in [6.07, 6.45) is -1.01. The van der Waals surface area contributed by atoms with E-state index >= 15 is 0 Å². The van der Waals surface area contributed by atoms with Gasteiger partial charge in [0.15, 0.2) is 10.7 Å². The zero-order valence-electron chi connectivity index (χ0n) is 11.4. The predicted octanol–water partition coefficient (Wildman–Crippen LogP) is -0.672. The number of imide groups is 1. The van der Waals surface area contributed by atoms with Crippen molar-refractivity contribution < 1.29 is 23.9 Å². The minimum atomic E-state index is -1.57. The van der Waals surface area contributed by atoms with E-state index in [9.17, 15) is 19.2 Å². The van der Waals surface area contributed by atoms with Crippen LogP contribution in [0.3, 0.4) is 0 Å². The number of cyclic esters (lactones) is 1. The molecule has 0 N–H and O–H groups in total. The summed E-state index contributed by atoms with van der Waals surface area (Å²) >= 11 is 4.93. The second-order valence-electron chi connectivity index (χ2n) is 5.03. The van der Waals surface area contributed by atoms with Crippen LogP contribution < -0.4 is 0 Å². The number of nitrogens with zero attached hydrogens (tertiary/aromatic N) is 3. The Morgan fingerprint density at radius 3 is 1.85 bits per heavy atom. The van der Waals surface area contributed by atoms with Gasteiger partial charge < -0.3 is 4.74 Å². The lowest BCUT2D eigenvalue weighted by molar-refractivity contribution is -0.151. The molecule has 0 spiro atoms. The van der Waals surface area contributed by atoms with Gasteiger partial charge in [0.05, 0.1) is 0 Å². The van der Waals surface area contributed by atoms with Crippen molar-refractivity contribution in [2.45, 2.75) is 25.5 Å². The van der Waals surface area contributed by atoms with Gasteiger partial charge in [-0.2, -0.15) is 0 Å². The van der Waals surface area contributed by atoms with Gasteiger partial charge in [0, 0.05) is 14.1 Å². The fourth-order valence-corrected chi connectivity index (χ4v) is 2.19. The van der Waals surface area contributed by atoms with E-state index < -0.39 is 35.5 Å². The molecular weight excluding hydrogens is 286 g/mol. The van der Waals surface area contributed by atoms with E-state index in [2.05, 4.69) is 0 Å². The number of carbonyl (C=O) groups excluding carboxylic acids is 4. The Morgan fingerprint density at radius 1 is 1.05 bits per heavy atom. The molecule has 9 heteroatoms. The highest BCUT2D eigenvalue weighted by Gasteiger charge is 2.56. The van der Waals surface area contributed by atoms with Gasteiger partial charge in [-0.1, -0.05) is 0 Å². The van der Waals surface area contributed by atoms with E-state index in [1.54, 1.807) is 0 Å². The molecule has 0 saturated carbocycles. The lowest BCUT2D eigenvalue weighted by Crippen LogP contribution is -2.65. The van der Waals surface area contributed by atoms with Crippen LogP contribution >= 0.6 is 12.2 Å². The van der Waals surface area contributed by atoms with E-state index in [1.807, 2.05) is 0 Å². The summed E-state index contributed by atoms with van der Waals surface area (Å²) in [6.45, 7) is 2.78. The molecule has 0 atom stereocenters. The van der Waals surface area contributed by atoms with Crippen molar-refractivity contribution in [2.24, 2.45) is 0 Å². The standard InChI is InChI=1S/C11H13N3O5S/c1-11(2)8(17)14(10(18)19-11)5-6(15)12(3)9(20)13(4)7(5)16/h5H,1-4H3. The normalized spacial score (nSPS) is 23.8. The summed E-state index contributed by atoms with van der Waals surface area (Å²) in [5, 5.41) is 0.00974. The fourth-order valence-electron chi connectivity index (χ4n) is 2.01. The van der Waals surface area contributed by atoms with E-state index in [-0.39, 0.29) is 5.11 Å². The third-order valence-corrected chi connectivity index (χ3v) is 3.78. The van der Waals surface area contributed by atoms with Gasteiger partial charge in [0.2, 0.25) is 6.04 Å². The molecule has 2 aliphatic heterocycles. The van der Waals surface area contributed by atoms with E-state index in [4.69, 9.17) is 17.0 Å². The highest BCUT2D eigenvalue weighted by atomic mass is 32.1. The van der Waals surface area contributed by atoms with Crippen LogP contribution in [-0.2, 0) is 19.1 Å². The first-order valence-corrected chi connectivity index (χ1v) is 6.16. The molecule has 2 aliphatic rings. The molecule has 2 rings (SSSR count). The highest BCUT2D eigenvalue weighted by molar-refractivity contribution is 7.80. The largest absolute Gasteiger partial charge is 0.433 e. The van der Waals surface area contributed by atoms with Gasteiger partial charge in [-0.15, -0.1) is 0 Å². The maximum Gasteiger partial charge on any atom is 0.418 e. The predicted molar refractivity (Wildman–Crippen MR) is 69.3 cm³/mol. The molecule has 20 heavy (non-hydrogen) atoms. The maximum atomic E-state index is 12.2. The quantitative estimate of drug-likeness (QED) is 0.471. The number of carbonyl (C=O) groups is 4. The number of thiocarbonyl (C=S) groups is 1. The number of amides is 4. The third-order valence-electron chi connectivity index (χ3n) is 3.23. The van der Waals surface area contributed by atoms with Gasteiger partial charge in [-0.25, -0.2) is 9.69 Å². The summed E-state index contributed by atoms with van der Waals surface area (Å²) in [5.41, 5.74) is -1.40. The van der Waals surface area contributed by atoms with Crippen molar-refractivity contribution in [1.82, 2.24) is 14.7 Å². The Balaban J connectivity index is 2.44. The topological polar surface area (TPSA) is 87.2 Å². The summed E-state index contributed by atoms with van der Waals surface area (Å²) in [7, 11) is 2.75. The van der Waals surface area contributed by atoms with Crippen LogP contribution in [0.15, 0.2) is 0 Å². The average Bonchev–Trinajstić information content (AvgIpc) is 2.56. The number of hydrogen-bond acceptors (Lipinski definition) is 6. The van der Waals surface area contributed by atoms with Crippen LogP contribution in [0.4, 0.5) is 4.79 Å². The summed E-state index contributed by atoms with van der Waals surface area (Å²) in [5.74, 6) is -2.20. The lowest BCUT2D eigenvalue weighted by Gasteiger charge is -2.37. The van der Waals surface area contributed by atoms with Crippen LogP contribution in [0.1, 0.15) is 13.8 Å². The van der Waals surface area contributed by atoms with Gasteiger partial charge in [0.1, 0.15) is 0 Å². The molecule has 2 heterocycles. The van der Waals surface area contributed by atoms with E-state index in [0.717, 1.165) is 9.80 Å². The number of likely N-dealkylation sites (N-methyl/N-ethyl adjacent to an activating group) is 2. The minimum absolute atomic E-state index is 0.00974. The van der Waals surface area contributed by atoms with Crippen molar-refractivity contribution >= 4 is 41.1 Å². The van der Waals surface area contributed by atoms with E-state index in [1.165, 1.54) is 27.9 Å². The number of rotatable bonds is 1. The third kappa shape index (κ3) is 1.77. The van der Waals surface area contributed by atoms with Crippen molar-refractivity contribution in [2.75, 3.05) is 14.1 Å². The molecule has 2 fully saturated rings. The fraction of sp³-hybridized carbons (Fsp3) is 0.545. The van der Waals surface area contributed by atoms with Gasteiger partial charge in [-0.3, -0.25) is 24.2 Å². The molecule has 0 aromatic carbocycles. The van der Waals surface area contributed by atoms with Crippen LogP contribution in [0.5, 0.6) is 0 Å². The minimum Gasteiger partial charge on any atom is -0.433 e. The Labute approximate surface area is 120 Å². The molecular formula is C11H13N3O5S. The Morgan fingerprint density at radius 2 is 1.50 bits per heavy atom. The summed E-state index contributed by atoms with van der Waals surface area (Å²) in [4.78, 5) is 50.9. The second-order valence-corrected chi connectivity index (χ2v) is 5.40. The smallest absolute Gasteiger partial charge is 0.418 e. The Bertz CT molecular complexity index is 534. The molecule has 4 amide bonds. The molecule has 108 valence electrons. The first kappa shape index (κ1) is 14.4. The SMILES string of the molecule is CN1C(=O)C(N2C(=O)OC(C)(C)C2=O)C(=O)N(C)C1=S. The maximum absolute atomic E-state index is 12.2. The molecule has 0 unspecified atom stereocenters. The molecule has 2 saturated heterocycles. The molecule has 0 aliphatic carbocycles. The molecule has 0 aromatic rings. The van der Waals surface area contributed by atoms with Crippen molar-refractivity contribution in [3.8, 4) is 0 Å². The highest BCUT2D eigenvalue weighted by Crippen LogP contribution is 2.28. The lowest BCUT2D eigenvalue weighted by atomic mass is 10.1. The summed E-state index contributed by atoms with van der Waals surface area (Å²) in [6, 6.07) is -1.57. The molecule has 0 aromatic heterocycles. The van der Waals surface area contributed by atoms with Crippen LogP contribution in [0.25, 0.3) is 0 Å². The Kier molecular flexibility index (Phi) is 3.04. The van der Waals surface area contributed by atoms with Crippen LogP contribution in [-0.4, -0.2) is 69.4 Å². The zero-order valence-corrected chi connectivity index (χ0v) is 12.2. The van der Waals surface area contributed by atoms with Crippen molar-refractivity contribution in [3.63, 3.8) is 0 Å². The van der Waals surface area contributed by atoms with E-state index in [0.29, 0.717) is 4.90 Å². The Hall–Kier alpha value is -2.03. The summed E-state index contributed by atoms with van der Waals surface area (Å²) < 4.78 is 4.88. The van der Waals surface area contributed by atoms with Crippen molar-refractivity contribution in [1.29, 1.82) is 0 Å². The zero-order chi connectivity index (χ0) is 15.4. The molecule has 0 radical (unpaired) electrons. The number of hydrogen-bond donors (Lipinski definition) is 0. The van der Waals surface area contributed by atoms with Crippen LogP contribution in [0.2, 0.25) is 0 Å². The first-order chi connectivity index (χ1) is 9.09. The molecule has 0 bridgehead atoms. The van der Waals surface area contributed by atoms with Crippen LogP contribution in [0, 0.1) is 0 Å². The average molecular weight is 299 g/mol. The van der Waals surface area contributed by atoms with Gasteiger partial charge in [-0.05, 0) is 26.1 Å². The first-order valence-electron chi connectivity index (χ1n) is 5.75. The monoisotopic (exact) mass is 299 g/mol. The van der Waals surface area contributed by atoms with Gasteiger partial charge in [0.25, 0.3) is 17.7 Å². The number of ether oxygens (including phenoxy) is 1. The van der Waals surface area contributed by atoms with Gasteiger partial charge >= 0.3 is 6.09 Å².